The third kappa shape index (κ3) is 1.82. The van der Waals surface area contributed by atoms with E-state index in [4.69, 9.17) is 14.9 Å². The summed E-state index contributed by atoms with van der Waals surface area (Å²) >= 11 is 0. The molecule has 1 aliphatic rings. The van der Waals surface area contributed by atoms with Gasteiger partial charge in [-0.15, -0.1) is 0 Å². The van der Waals surface area contributed by atoms with Crippen LogP contribution in [0.25, 0.3) is 11.1 Å². The quantitative estimate of drug-likeness (QED) is 0.839. The number of benzene rings is 1. The van der Waals surface area contributed by atoms with E-state index in [1.807, 2.05) is 13.0 Å². The molecule has 2 heterocycles. The zero-order valence-electron chi connectivity index (χ0n) is 10.8. The van der Waals surface area contributed by atoms with Crippen molar-refractivity contribution in [1.29, 1.82) is 0 Å². The molecule has 0 spiro atoms. The van der Waals surface area contributed by atoms with Crippen molar-refractivity contribution in [2.75, 3.05) is 13.2 Å². The highest BCUT2D eigenvalue weighted by molar-refractivity contribution is 5.77. The Morgan fingerprint density at radius 1 is 1.22 bits per heavy atom. The molecule has 3 rings (SSSR count). The SMILES string of the molecule is Cc1cc(C)c2oc(C3(N)CCOCC3)nc2c1. The Hall–Kier alpha value is -1.39. The summed E-state index contributed by atoms with van der Waals surface area (Å²) in [5, 5.41) is 0. The van der Waals surface area contributed by atoms with Crippen LogP contribution >= 0.6 is 0 Å². The first kappa shape index (κ1) is 11.7. The summed E-state index contributed by atoms with van der Waals surface area (Å²) in [6.07, 6.45) is 1.52. The van der Waals surface area contributed by atoms with Gasteiger partial charge in [-0.2, -0.15) is 0 Å². The minimum Gasteiger partial charge on any atom is -0.438 e. The van der Waals surface area contributed by atoms with Crippen LogP contribution in [0.2, 0.25) is 0 Å². The lowest BCUT2D eigenvalue weighted by Crippen LogP contribution is -2.42. The Balaban J connectivity index is 2.10. The molecule has 1 saturated heterocycles. The third-order valence-electron chi connectivity index (χ3n) is 3.63. The topological polar surface area (TPSA) is 61.3 Å². The third-order valence-corrected chi connectivity index (χ3v) is 3.63. The number of oxazole rings is 1. The molecule has 0 bridgehead atoms. The second kappa shape index (κ2) is 4.07. The number of fused-ring (bicyclic) bond motifs is 1. The van der Waals surface area contributed by atoms with Gasteiger partial charge in [0.2, 0.25) is 5.89 Å². The molecular formula is C14H18N2O2. The zero-order valence-corrected chi connectivity index (χ0v) is 10.8. The van der Waals surface area contributed by atoms with Crippen molar-refractivity contribution in [2.45, 2.75) is 32.2 Å². The summed E-state index contributed by atoms with van der Waals surface area (Å²) in [4.78, 5) is 4.58. The number of nitrogens with zero attached hydrogens (tertiary/aromatic N) is 1. The number of ether oxygens (including phenoxy) is 1. The molecule has 1 fully saturated rings. The Morgan fingerprint density at radius 2 is 1.94 bits per heavy atom. The first-order chi connectivity index (χ1) is 8.58. The predicted octanol–water partition coefficient (Wildman–Crippen LogP) is 2.41. The number of hydrogen-bond donors (Lipinski definition) is 1. The highest BCUT2D eigenvalue weighted by Crippen LogP contribution is 2.32. The van der Waals surface area contributed by atoms with Crippen LogP contribution < -0.4 is 5.73 Å². The molecule has 96 valence electrons. The lowest BCUT2D eigenvalue weighted by atomic mass is 9.91. The van der Waals surface area contributed by atoms with Gasteiger partial charge in [-0.25, -0.2) is 4.98 Å². The van der Waals surface area contributed by atoms with Crippen LogP contribution in [-0.2, 0) is 10.3 Å². The van der Waals surface area contributed by atoms with Gasteiger partial charge in [-0.3, -0.25) is 0 Å². The first-order valence-corrected chi connectivity index (χ1v) is 6.33. The van der Waals surface area contributed by atoms with E-state index >= 15 is 0 Å². The monoisotopic (exact) mass is 246 g/mol. The maximum absolute atomic E-state index is 6.40. The second-order valence-corrected chi connectivity index (χ2v) is 5.22. The maximum atomic E-state index is 6.40. The number of nitrogens with two attached hydrogens (primary N) is 1. The fourth-order valence-electron chi connectivity index (χ4n) is 2.54. The smallest absolute Gasteiger partial charge is 0.215 e. The summed E-state index contributed by atoms with van der Waals surface area (Å²) < 4.78 is 11.3. The Morgan fingerprint density at radius 3 is 2.67 bits per heavy atom. The summed E-state index contributed by atoms with van der Waals surface area (Å²) in [7, 11) is 0. The first-order valence-electron chi connectivity index (χ1n) is 6.33. The van der Waals surface area contributed by atoms with Gasteiger partial charge in [0.05, 0.1) is 5.54 Å². The number of aryl methyl sites for hydroxylation is 2. The van der Waals surface area contributed by atoms with Gasteiger partial charge in [0, 0.05) is 13.2 Å². The molecule has 0 radical (unpaired) electrons. The molecule has 1 aliphatic heterocycles. The van der Waals surface area contributed by atoms with Crippen molar-refractivity contribution >= 4 is 11.1 Å². The van der Waals surface area contributed by atoms with Gasteiger partial charge >= 0.3 is 0 Å². The molecule has 2 N–H and O–H groups in total. The molecule has 1 aromatic carbocycles. The van der Waals surface area contributed by atoms with Crippen LogP contribution in [0.5, 0.6) is 0 Å². The summed E-state index contributed by atoms with van der Waals surface area (Å²) in [5.41, 5.74) is 9.98. The zero-order chi connectivity index (χ0) is 12.8. The van der Waals surface area contributed by atoms with E-state index in [1.165, 1.54) is 5.56 Å². The van der Waals surface area contributed by atoms with E-state index in [-0.39, 0.29) is 0 Å². The molecule has 4 nitrogen and oxygen atoms in total. The minimum absolute atomic E-state index is 0.475. The van der Waals surface area contributed by atoms with E-state index in [0.717, 1.165) is 29.5 Å². The van der Waals surface area contributed by atoms with Gasteiger partial charge < -0.3 is 14.9 Å². The summed E-state index contributed by atoms with van der Waals surface area (Å²) in [6.45, 7) is 5.45. The second-order valence-electron chi connectivity index (χ2n) is 5.22. The number of rotatable bonds is 1. The minimum atomic E-state index is -0.475. The normalized spacial score (nSPS) is 19.3. The van der Waals surface area contributed by atoms with E-state index in [1.54, 1.807) is 0 Å². The van der Waals surface area contributed by atoms with Crippen molar-refractivity contribution in [2.24, 2.45) is 5.73 Å². The highest BCUT2D eigenvalue weighted by Gasteiger charge is 2.35. The molecule has 4 heteroatoms. The number of hydrogen-bond acceptors (Lipinski definition) is 4. The van der Waals surface area contributed by atoms with Crippen LogP contribution in [0.3, 0.4) is 0 Å². The molecule has 0 aliphatic carbocycles. The molecule has 18 heavy (non-hydrogen) atoms. The van der Waals surface area contributed by atoms with Gasteiger partial charge in [0.15, 0.2) is 5.58 Å². The lowest BCUT2D eigenvalue weighted by Gasteiger charge is -2.29. The molecule has 0 atom stereocenters. The van der Waals surface area contributed by atoms with E-state index in [0.29, 0.717) is 19.1 Å². The average Bonchev–Trinajstić information content (AvgIpc) is 2.74. The standard InChI is InChI=1S/C14H18N2O2/c1-9-7-10(2)12-11(8-9)16-13(18-12)14(15)3-5-17-6-4-14/h7-8H,3-6,15H2,1-2H3. The fourth-order valence-corrected chi connectivity index (χ4v) is 2.54. The molecule has 2 aromatic rings. The van der Waals surface area contributed by atoms with Crippen LogP contribution in [-0.4, -0.2) is 18.2 Å². The maximum Gasteiger partial charge on any atom is 0.215 e. The molecule has 0 saturated carbocycles. The Labute approximate surface area is 106 Å². The largest absolute Gasteiger partial charge is 0.438 e. The van der Waals surface area contributed by atoms with Crippen LogP contribution in [0.1, 0.15) is 29.9 Å². The van der Waals surface area contributed by atoms with Gasteiger partial charge in [-0.05, 0) is 43.9 Å². The Bertz CT molecular complexity index is 583. The lowest BCUT2D eigenvalue weighted by molar-refractivity contribution is 0.0429. The van der Waals surface area contributed by atoms with Crippen molar-refractivity contribution in [1.82, 2.24) is 4.98 Å². The van der Waals surface area contributed by atoms with Crippen LogP contribution in [0.15, 0.2) is 16.5 Å². The fraction of sp³-hybridized carbons (Fsp3) is 0.500. The average molecular weight is 246 g/mol. The van der Waals surface area contributed by atoms with Gasteiger partial charge in [-0.1, -0.05) is 6.07 Å². The van der Waals surface area contributed by atoms with Gasteiger partial charge in [0.1, 0.15) is 5.52 Å². The summed E-state index contributed by atoms with van der Waals surface area (Å²) in [5.74, 6) is 0.648. The van der Waals surface area contributed by atoms with Crippen molar-refractivity contribution in [3.05, 3.63) is 29.2 Å². The van der Waals surface area contributed by atoms with Crippen molar-refractivity contribution in [3.8, 4) is 0 Å². The van der Waals surface area contributed by atoms with Crippen LogP contribution in [0.4, 0.5) is 0 Å². The molecular weight excluding hydrogens is 228 g/mol. The predicted molar refractivity (Wildman–Crippen MR) is 69.4 cm³/mol. The van der Waals surface area contributed by atoms with Crippen molar-refractivity contribution in [3.63, 3.8) is 0 Å². The van der Waals surface area contributed by atoms with E-state index < -0.39 is 5.54 Å². The van der Waals surface area contributed by atoms with Gasteiger partial charge in [0.25, 0.3) is 0 Å². The van der Waals surface area contributed by atoms with E-state index in [2.05, 4.69) is 18.0 Å². The highest BCUT2D eigenvalue weighted by atomic mass is 16.5. The van der Waals surface area contributed by atoms with E-state index in [9.17, 15) is 0 Å². The van der Waals surface area contributed by atoms with Crippen molar-refractivity contribution < 1.29 is 9.15 Å². The molecule has 0 unspecified atom stereocenters. The van der Waals surface area contributed by atoms with Crippen LogP contribution in [0, 0.1) is 13.8 Å². The number of aromatic nitrogens is 1. The Kier molecular flexibility index (Phi) is 2.64. The molecule has 0 amide bonds. The molecule has 1 aromatic heterocycles. The summed E-state index contributed by atoms with van der Waals surface area (Å²) in [6, 6.07) is 4.14.